The number of sulfone groups is 2. The Bertz CT molecular complexity index is 1600. The SMILES string of the molecule is C=CC(=O)NC(C)(C)CS(=O)(=O)[O-].C=CC(=O)NCNC(=O)CCS(=O)(=O)C=C.C=CC(=O)Nc1ccc(CS(=O)(=O)C=C)cc1.[Na+]. The molecule has 19 heteroatoms. The average molecular weight is 727 g/mol. The Morgan fingerprint density at radius 3 is 1.68 bits per heavy atom. The van der Waals surface area contributed by atoms with Crippen LogP contribution in [0.3, 0.4) is 0 Å². The fourth-order valence-corrected chi connectivity index (χ4v) is 5.11. The molecular formula is C28H39N4NaO11S3. The van der Waals surface area contributed by atoms with Gasteiger partial charge in [0, 0.05) is 28.5 Å². The maximum Gasteiger partial charge on any atom is 1.00 e. The van der Waals surface area contributed by atoms with Crippen LogP contribution in [0.25, 0.3) is 0 Å². The summed E-state index contributed by atoms with van der Waals surface area (Å²) in [5.41, 5.74) is 0.169. The fourth-order valence-electron chi connectivity index (χ4n) is 2.74. The molecule has 4 N–H and O–H groups in total. The van der Waals surface area contributed by atoms with E-state index < -0.39 is 58.8 Å². The number of benzene rings is 1. The standard InChI is InChI=1S/C12H13NO3S.C9H14N2O4S.C7H13NO4S.Na/c1-3-12(14)13-11-7-5-10(6-8-11)9-17(15,16)4-2;1-3-8(12)10-7-11-9(13)5-6-16(14,15)4-2;1-4-6(9)8-7(2,3)5-13(10,11)12;/h3-8H,1-2,9H2,(H,13,14);3-4H,1-2,5-7H2,(H,10,12)(H,11,13);4H,1,5H2,2-3H3,(H,8,9)(H,10,11,12);/q;;;+1/p-1. The van der Waals surface area contributed by atoms with Crippen LogP contribution >= 0.6 is 0 Å². The Morgan fingerprint density at radius 1 is 0.766 bits per heavy atom. The molecule has 0 spiro atoms. The number of nitrogens with one attached hydrogen (secondary N) is 4. The molecule has 1 aromatic carbocycles. The largest absolute Gasteiger partial charge is 1.00 e. The Balaban J connectivity index is -0.000000618. The molecule has 0 radical (unpaired) electrons. The summed E-state index contributed by atoms with van der Waals surface area (Å²) in [5, 5.41) is 11.3. The van der Waals surface area contributed by atoms with Gasteiger partial charge < -0.3 is 25.8 Å². The normalized spacial score (nSPS) is 10.7. The third kappa shape index (κ3) is 27.4. The van der Waals surface area contributed by atoms with Crippen LogP contribution in [-0.2, 0) is 54.7 Å². The summed E-state index contributed by atoms with van der Waals surface area (Å²) in [5.74, 6) is -2.72. The zero-order chi connectivity index (χ0) is 36.2. The Labute approximate surface area is 298 Å². The van der Waals surface area contributed by atoms with Crippen molar-refractivity contribution in [1.29, 1.82) is 0 Å². The Kier molecular flexibility index (Phi) is 23.5. The van der Waals surface area contributed by atoms with Gasteiger partial charge in [-0.1, -0.05) is 45.0 Å². The second-order valence-electron chi connectivity index (χ2n) is 9.45. The van der Waals surface area contributed by atoms with Crippen molar-refractivity contribution in [3.8, 4) is 0 Å². The van der Waals surface area contributed by atoms with Crippen LogP contribution in [0.15, 0.2) is 86.2 Å². The molecular weight excluding hydrogens is 688 g/mol. The van der Waals surface area contributed by atoms with Gasteiger partial charge in [0.05, 0.1) is 34.0 Å². The molecule has 4 amide bonds. The van der Waals surface area contributed by atoms with Crippen molar-refractivity contribution in [2.75, 3.05) is 23.5 Å². The van der Waals surface area contributed by atoms with Crippen LogP contribution < -0.4 is 50.8 Å². The Hall–Kier alpha value is -3.39. The molecule has 0 aromatic heterocycles. The van der Waals surface area contributed by atoms with Crippen LogP contribution in [0.4, 0.5) is 5.69 Å². The average Bonchev–Trinajstić information content (AvgIpc) is 2.96. The number of anilines is 1. The first-order valence-corrected chi connectivity index (χ1v) is 17.8. The van der Waals surface area contributed by atoms with Crippen LogP contribution in [0.5, 0.6) is 0 Å². The fraction of sp³-hybridized carbons (Fsp3) is 0.286. The minimum absolute atomic E-state index is 0. The van der Waals surface area contributed by atoms with E-state index in [4.69, 9.17) is 0 Å². The van der Waals surface area contributed by atoms with E-state index in [1.54, 1.807) is 24.3 Å². The molecule has 0 fully saturated rings. The minimum atomic E-state index is -4.33. The predicted octanol–water partition coefficient (Wildman–Crippen LogP) is -2.20. The third-order valence-corrected chi connectivity index (χ3v) is 8.41. The number of rotatable bonds is 16. The van der Waals surface area contributed by atoms with E-state index in [1.807, 2.05) is 0 Å². The van der Waals surface area contributed by atoms with Crippen molar-refractivity contribution in [2.24, 2.45) is 0 Å². The molecule has 0 aliphatic rings. The summed E-state index contributed by atoms with van der Waals surface area (Å²) in [6.45, 7) is 19.0. The first-order chi connectivity index (χ1) is 21.0. The maximum absolute atomic E-state index is 11.3. The van der Waals surface area contributed by atoms with Gasteiger partial charge in [0.15, 0.2) is 19.7 Å². The topological polar surface area (TPSA) is 242 Å². The van der Waals surface area contributed by atoms with Crippen LogP contribution in [0.1, 0.15) is 25.8 Å². The van der Waals surface area contributed by atoms with Crippen molar-refractivity contribution in [2.45, 2.75) is 31.6 Å². The molecule has 1 rings (SSSR count). The quantitative estimate of drug-likeness (QED) is 0.0617. The predicted molar refractivity (Wildman–Crippen MR) is 175 cm³/mol. The summed E-state index contributed by atoms with van der Waals surface area (Å²) < 4.78 is 75.6. The summed E-state index contributed by atoms with van der Waals surface area (Å²) >= 11 is 0. The second-order valence-corrected chi connectivity index (χ2v) is 14.9. The monoisotopic (exact) mass is 726 g/mol. The van der Waals surface area contributed by atoms with E-state index in [1.165, 1.54) is 13.8 Å². The molecule has 15 nitrogen and oxygen atoms in total. The van der Waals surface area contributed by atoms with E-state index in [-0.39, 0.29) is 60.1 Å². The van der Waals surface area contributed by atoms with Crippen LogP contribution in [-0.4, -0.2) is 77.1 Å². The molecule has 0 aliphatic carbocycles. The molecule has 0 atom stereocenters. The van der Waals surface area contributed by atoms with Gasteiger partial charge in [0.1, 0.15) is 0 Å². The van der Waals surface area contributed by atoms with E-state index >= 15 is 0 Å². The molecule has 0 heterocycles. The van der Waals surface area contributed by atoms with Crippen molar-refractivity contribution in [3.63, 3.8) is 0 Å². The number of hydrogen-bond acceptors (Lipinski definition) is 11. The van der Waals surface area contributed by atoms with Crippen LogP contribution in [0, 0.1) is 0 Å². The molecule has 0 saturated heterocycles. The zero-order valence-corrected chi connectivity index (χ0v) is 30.9. The molecule has 256 valence electrons. The zero-order valence-electron chi connectivity index (χ0n) is 26.5. The molecule has 47 heavy (non-hydrogen) atoms. The van der Waals surface area contributed by atoms with Crippen molar-refractivity contribution in [1.82, 2.24) is 16.0 Å². The van der Waals surface area contributed by atoms with E-state index in [0.29, 0.717) is 11.3 Å². The van der Waals surface area contributed by atoms with E-state index in [2.05, 4.69) is 54.2 Å². The number of carbonyl (C=O) groups excluding carboxylic acids is 4. The second kappa shape index (κ2) is 23.0. The summed E-state index contributed by atoms with van der Waals surface area (Å²) in [4.78, 5) is 43.5. The molecule has 0 unspecified atom stereocenters. The van der Waals surface area contributed by atoms with Gasteiger partial charge in [-0.3, -0.25) is 19.2 Å². The first kappa shape index (κ1) is 48.0. The van der Waals surface area contributed by atoms with Gasteiger partial charge in [-0.15, -0.1) is 0 Å². The van der Waals surface area contributed by atoms with Gasteiger partial charge in [0.25, 0.3) is 0 Å². The maximum atomic E-state index is 11.3. The van der Waals surface area contributed by atoms with E-state index in [0.717, 1.165) is 29.0 Å². The molecule has 0 aliphatic heterocycles. The smallest absolute Gasteiger partial charge is 0.748 e. The number of amides is 4. The molecule has 0 saturated carbocycles. The Morgan fingerprint density at radius 2 is 1.26 bits per heavy atom. The van der Waals surface area contributed by atoms with Gasteiger partial charge in [-0.2, -0.15) is 0 Å². The summed E-state index contributed by atoms with van der Waals surface area (Å²) in [7, 11) is -10.9. The summed E-state index contributed by atoms with van der Waals surface area (Å²) in [6.07, 6.45) is 3.07. The van der Waals surface area contributed by atoms with Crippen molar-refractivity contribution in [3.05, 3.63) is 91.8 Å². The number of hydrogen-bond donors (Lipinski definition) is 4. The third-order valence-electron chi connectivity index (χ3n) is 4.81. The van der Waals surface area contributed by atoms with E-state index in [9.17, 15) is 49.0 Å². The molecule has 1 aromatic rings. The van der Waals surface area contributed by atoms with Crippen molar-refractivity contribution >= 4 is 59.1 Å². The van der Waals surface area contributed by atoms with Crippen LogP contribution in [0.2, 0.25) is 0 Å². The van der Waals surface area contributed by atoms with Gasteiger partial charge >= 0.3 is 29.6 Å². The summed E-state index contributed by atoms with van der Waals surface area (Å²) in [6, 6.07) is 6.55. The van der Waals surface area contributed by atoms with Gasteiger partial charge in [-0.25, -0.2) is 25.3 Å². The van der Waals surface area contributed by atoms with Gasteiger partial charge in [0.2, 0.25) is 23.6 Å². The number of carbonyl (C=O) groups is 4. The van der Waals surface area contributed by atoms with Crippen molar-refractivity contribution < 1.29 is 78.5 Å². The molecule has 0 bridgehead atoms. The van der Waals surface area contributed by atoms with Gasteiger partial charge in [-0.05, 0) is 49.8 Å². The first-order valence-electron chi connectivity index (χ1n) is 12.8. The minimum Gasteiger partial charge on any atom is -0.748 e.